The van der Waals surface area contributed by atoms with E-state index in [2.05, 4.69) is 371 Å². The Bertz CT molecular complexity index is 7240. The number of aromatic nitrogens is 1. The molecular formula is C102H72BN3. The summed E-state index contributed by atoms with van der Waals surface area (Å²) in [5.41, 5.74) is 17.3. The van der Waals surface area contributed by atoms with Crippen molar-refractivity contribution in [2.75, 3.05) is 9.80 Å². The van der Waals surface area contributed by atoms with Gasteiger partial charge in [0.1, 0.15) is 0 Å². The number of anilines is 4. The van der Waals surface area contributed by atoms with E-state index in [1.807, 2.05) is 0 Å². The molecule has 0 fully saturated rings. The Morgan fingerprint density at radius 1 is 0.264 bits per heavy atom. The molecule has 19 aromatic rings. The fraction of sp³-hybridized carbons (Fsp3) is 0.0980. The molecule has 0 amide bonds. The van der Waals surface area contributed by atoms with Crippen molar-refractivity contribution in [3.05, 3.63) is 342 Å². The summed E-state index contributed by atoms with van der Waals surface area (Å²) in [5.74, 6) is -0.169. The minimum atomic E-state index is -0.185. The van der Waals surface area contributed by atoms with E-state index >= 15 is 0 Å². The molecule has 0 spiro atoms. The van der Waals surface area contributed by atoms with Crippen molar-refractivity contribution in [2.24, 2.45) is 11.8 Å². The number of fused-ring (bicyclic) bond motifs is 31. The van der Waals surface area contributed by atoms with E-state index in [0.29, 0.717) is 0 Å². The zero-order valence-electron chi connectivity index (χ0n) is 60.1. The van der Waals surface area contributed by atoms with Gasteiger partial charge in [0.15, 0.2) is 0 Å². The van der Waals surface area contributed by atoms with Crippen LogP contribution in [0.3, 0.4) is 0 Å². The second-order valence-corrected chi connectivity index (χ2v) is 32.5. The van der Waals surface area contributed by atoms with Gasteiger partial charge in [-0.15, -0.1) is 0 Å². The maximum atomic E-state index is 2.77. The average Bonchev–Trinajstić information content (AvgIpc) is 1.43. The van der Waals surface area contributed by atoms with Crippen molar-refractivity contribution in [1.29, 1.82) is 0 Å². The minimum Gasteiger partial charge on any atom is -0.314 e. The van der Waals surface area contributed by atoms with E-state index in [-0.39, 0.29) is 29.4 Å². The first-order valence-electron chi connectivity index (χ1n) is 37.8. The average molecular weight is 1350 g/mol. The summed E-state index contributed by atoms with van der Waals surface area (Å²) in [6, 6.07) is 115. The van der Waals surface area contributed by atoms with Crippen LogP contribution in [0, 0.1) is 11.8 Å². The van der Waals surface area contributed by atoms with Gasteiger partial charge < -0.3 is 14.4 Å². The van der Waals surface area contributed by atoms with Crippen LogP contribution >= 0.6 is 0 Å². The first-order valence-corrected chi connectivity index (χ1v) is 37.8. The van der Waals surface area contributed by atoms with Crippen molar-refractivity contribution in [2.45, 2.75) is 52.4 Å². The molecule has 1 aromatic heterocycles. The second kappa shape index (κ2) is 21.6. The Hall–Kier alpha value is -12.5. The van der Waals surface area contributed by atoms with E-state index in [1.54, 1.807) is 0 Å². The molecule has 4 heteroatoms. The van der Waals surface area contributed by atoms with Crippen molar-refractivity contribution in [3.63, 3.8) is 0 Å². The van der Waals surface area contributed by atoms with E-state index < -0.39 is 0 Å². The standard InChI is InChI=1S/C102H72BN3/c1-101(2,3)60-39-47-94-90(51-60)91-52-61(102(4,5)6)40-48-95(91)104(94)64-43-46-92-96(55-64)105(62-41-44-81-73-31-9-7-23-65(73)67-25-13-19-35-77(67)86(81)53-62)98-57-83(59-49-84-75-33-17-11-27-69(75)70-28-12-18-34-76(70)85(84)50-59)100-99(98)103(92)93-56-88-79-37-21-15-29-71(79)72-30-16-22-38-80(72)89(88)58-97(93)106(100)63-42-45-82-74-32-10-8-24-66(74)68-26-14-20-36-78(68)87(82)54-63/h7-59,83H,1-6H3. The maximum Gasteiger partial charge on any atom is 0.251 e. The van der Waals surface area contributed by atoms with Crippen LogP contribution in [0.1, 0.15) is 52.7 Å². The summed E-state index contributed by atoms with van der Waals surface area (Å²) in [6.07, 6.45) is 8.04. The summed E-state index contributed by atoms with van der Waals surface area (Å²) >= 11 is 0. The van der Waals surface area contributed by atoms with Crippen molar-refractivity contribution in [3.8, 4) is 5.69 Å². The van der Waals surface area contributed by atoms with Crippen LogP contribution in [0.4, 0.5) is 22.7 Å². The molecule has 0 saturated carbocycles. The predicted molar refractivity (Wildman–Crippen MR) is 456 cm³/mol. The number of allylic oxidation sites excluding steroid dienone is 2. The first kappa shape index (κ1) is 60.0. The second-order valence-electron chi connectivity index (χ2n) is 32.5. The maximum absolute atomic E-state index is 2.77. The lowest BCUT2D eigenvalue weighted by Crippen LogP contribution is -2.55. The fourth-order valence-electron chi connectivity index (χ4n) is 20.0. The molecule has 2 aliphatic carbocycles. The van der Waals surface area contributed by atoms with Crippen LogP contribution < -0.4 is 31.2 Å². The summed E-state index contributed by atoms with van der Waals surface area (Å²) < 4.78 is 2.58. The zero-order valence-corrected chi connectivity index (χ0v) is 60.1. The third-order valence-corrected chi connectivity index (χ3v) is 24.9. The Balaban J connectivity index is 0.877. The lowest BCUT2D eigenvalue weighted by atomic mass is 9.32. The van der Waals surface area contributed by atoms with Gasteiger partial charge in [0.2, 0.25) is 0 Å². The molecule has 18 aromatic carbocycles. The van der Waals surface area contributed by atoms with Crippen molar-refractivity contribution in [1.82, 2.24) is 4.57 Å². The normalized spacial score (nSPS) is 15.2. The first-order chi connectivity index (χ1) is 51.9. The Kier molecular flexibility index (Phi) is 12.2. The smallest absolute Gasteiger partial charge is 0.251 e. The summed E-state index contributed by atoms with van der Waals surface area (Å²) in [6.45, 7) is 13.9. The van der Waals surface area contributed by atoms with Crippen LogP contribution in [-0.2, 0) is 10.8 Å². The van der Waals surface area contributed by atoms with Gasteiger partial charge in [-0.2, -0.15) is 0 Å². The number of benzene rings is 18. The van der Waals surface area contributed by atoms with Crippen LogP contribution in [-0.4, -0.2) is 11.3 Å². The highest BCUT2D eigenvalue weighted by atomic mass is 15.2. The molecule has 0 radical (unpaired) electrons. The lowest BCUT2D eigenvalue weighted by molar-refractivity contribution is 0.590. The van der Waals surface area contributed by atoms with E-state index in [1.165, 1.54) is 201 Å². The molecule has 0 bridgehead atoms. The number of nitrogens with zero attached hydrogens (tertiary/aromatic N) is 3. The van der Waals surface area contributed by atoms with Gasteiger partial charge in [0.25, 0.3) is 6.71 Å². The van der Waals surface area contributed by atoms with Crippen LogP contribution in [0.15, 0.2) is 320 Å². The number of hydrogen-bond donors (Lipinski definition) is 0. The predicted octanol–water partition coefficient (Wildman–Crippen LogP) is 24.2. The molecule has 498 valence electrons. The molecule has 0 saturated heterocycles. The van der Waals surface area contributed by atoms with Gasteiger partial charge in [0, 0.05) is 62.4 Å². The van der Waals surface area contributed by atoms with Crippen molar-refractivity contribution < 1.29 is 0 Å². The largest absolute Gasteiger partial charge is 0.314 e. The fourth-order valence-corrected chi connectivity index (χ4v) is 20.0. The lowest BCUT2D eigenvalue weighted by Gasteiger charge is -2.44. The SMILES string of the molecule is CC(C)(C)c1ccc2c(c1)c1cc(C(C)(C)C)ccc1n2-c1ccc2c(c1)N(c1ccc3c4ccccc4c4ccccc4c3c1)C1=CC(C3C=c4c(c5ccccc5c5ccccc45)=C3)C3=C1B2c1cc2c4ccccc4c4ccccc4c2cc1N3c1ccc2c3ccccc3c3ccccc3c2c1. The Morgan fingerprint density at radius 3 is 1.02 bits per heavy atom. The third-order valence-electron chi connectivity index (χ3n) is 24.9. The summed E-state index contributed by atoms with van der Waals surface area (Å²) in [7, 11) is 0. The molecule has 3 nitrogen and oxygen atoms in total. The Labute approximate surface area is 614 Å². The van der Waals surface area contributed by atoms with Crippen LogP contribution in [0.2, 0.25) is 0 Å². The molecule has 4 aliphatic rings. The van der Waals surface area contributed by atoms with Crippen molar-refractivity contribution >= 4 is 193 Å². The molecule has 2 aliphatic heterocycles. The van der Waals surface area contributed by atoms with Crippen LogP contribution in [0.25, 0.3) is 158 Å². The van der Waals surface area contributed by atoms with E-state index in [0.717, 1.165) is 17.1 Å². The summed E-state index contributed by atoms with van der Waals surface area (Å²) in [5, 5.41) is 33.1. The topological polar surface area (TPSA) is 11.4 Å². The molecule has 3 heterocycles. The molecule has 0 N–H and O–H groups in total. The number of rotatable bonds is 4. The van der Waals surface area contributed by atoms with Gasteiger partial charge in [-0.05, 0) is 234 Å². The van der Waals surface area contributed by atoms with Gasteiger partial charge in [-0.1, -0.05) is 290 Å². The molecule has 106 heavy (non-hydrogen) atoms. The van der Waals surface area contributed by atoms with Gasteiger partial charge in [-0.25, -0.2) is 0 Å². The van der Waals surface area contributed by atoms with Gasteiger partial charge >= 0.3 is 0 Å². The molecule has 1 atom stereocenters. The Morgan fingerprint density at radius 2 is 0.604 bits per heavy atom. The van der Waals surface area contributed by atoms with Gasteiger partial charge in [-0.3, -0.25) is 0 Å². The van der Waals surface area contributed by atoms with E-state index in [4.69, 9.17) is 0 Å². The molecular weight excluding hydrogens is 1280 g/mol. The highest BCUT2D eigenvalue weighted by Gasteiger charge is 2.51. The van der Waals surface area contributed by atoms with Gasteiger partial charge in [0.05, 0.1) is 11.0 Å². The van der Waals surface area contributed by atoms with E-state index in [9.17, 15) is 0 Å². The van der Waals surface area contributed by atoms with Crippen LogP contribution in [0.5, 0.6) is 0 Å². The monoisotopic (exact) mass is 1350 g/mol. The zero-order chi connectivity index (χ0) is 70.3. The number of hydrogen-bond acceptors (Lipinski definition) is 2. The summed E-state index contributed by atoms with van der Waals surface area (Å²) in [4.78, 5) is 5.49. The highest BCUT2D eigenvalue weighted by molar-refractivity contribution is 6.95. The minimum absolute atomic E-state index is 0.0361. The molecule has 23 rings (SSSR count). The third kappa shape index (κ3) is 8.30. The highest BCUT2D eigenvalue weighted by Crippen LogP contribution is 2.56. The quantitative estimate of drug-likeness (QED) is 0.129. The molecule has 1 unspecified atom stereocenters.